The van der Waals surface area contributed by atoms with E-state index in [-0.39, 0.29) is 5.19 Å². The van der Waals surface area contributed by atoms with Crippen LogP contribution in [0.25, 0.3) is 0 Å². The van der Waals surface area contributed by atoms with Crippen LogP contribution in [0.15, 0.2) is 30.3 Å². The van der Waals surface area contributed by atoms with Crippen molar-refractivity contribution < 1.29 is 44.8 Å². The average Bonchev–Trinajstić information content (AvgIpc) is 2.36. The third-order valence-electron chi connectivity index (χ3n) is 1.96. The topological polar surface area (TPSA) is 52.6 Å². The number of hydrogen-bond donors (Lipinski definition) is 0. The number of halogens is 6. The molecule has 0 unspecified atom stereocenters. The molecule has 0 aliphatic rings. The van der Waals surface area contributed by atoms with E-state index in [1.165, 1.54) is 18.2 Å². The van der Waals surface area contributed by atoms with Crippen LogP contribution in [-0.2, 0) is 18.4 Å². The summed E-state index contributed by atoms with van der Waals surface area (Å²) < 4.78 is 80.3. The van der Waals surface area contributed by atoms with Crippen molar-refractivity contribution >= 4 is 26.4 Å². The van der Waals surface area contributed by atoms with Crippen molar-refractivity contribution in [2.45, 2.75) is 12.4 Å². The van der Waals surface area contributed by atoms with E-state index in [0.29, 0.717) is 0 Å². The standard InChI is InChI=1S/C10H6F6O4Si/c11-9(12,13)7(17)19-21(6-4-2-1-3-5-6)20-8(18)10(14,15)16/h1-5,21H. The van der Waals surface area contributed by atoms with E-state index >= 15 is 0 Å². The van der Waals surface area contributed by atoms with Gasteiger partial charge < -0.3 is 8.85 Å². The quantitative estimate of drug-likeness (QED) is 0.619. The SMILES string of the molecule is O=C(O[SiH](OC(=O)C(F)(F)F)c1ccccc1)C(F)(F)F. The lowest BCUT2D eigenvalue weighted by molar-refractivity contribution is -0.197. The van der Waals surface area contributed by atoms with Crippen LogP contribution in [-0.4, -0.2) is 33.6 Å². The van der Waals surface area contributed by atoms with Crippen molar-refractivity contribution in [2.24, 2.45) is 0 Å². The lowest BCUT2D eigenvalue weighted by atomic mass is 10.4. The Morgan fingerprint density at radius 1 is 0.810 bits per heavy atom. The van der Waals surface area contributed by atoms with Crippen molar-refractivity contribution in [3.63, 3.8) is 0 Å². The minimum atomic E-state index is -5.41. The Morgan fingerprint density at radius 2 is 1.19 bits per heavy atom. The van der Waals surface area contributed by atoms with Gasteiger partial charge >= 0.3 is 33.6 Å². The van der Waals surface area contributed by atoms with Gasteiger partial charge in [0.15, 0.2) is 0 Å². The first-order valence-electron chi connectivity index (χ1n) is 5.12. The van der Waals surface area contributed by atoms with Crippen molar-refractivity contribution in [2.75, 3.05) is 0 Å². The molecule has 116 valence electrons. The second-order valence-electron chi connectivity index (χ2n) is 3.55. The minimum absolute atomic E-state index is 0.229. The van der Waals surface area contributed by atoms with Gasteiger partial charge in [0, 0.05) is 5.19 Å². The summed E-state index contributed by atoms with van der Waals surface area (Å²) in [6.45, 7) is 0. The molecule has 0 aromatic heterocycles. The molecule has 0 aliphatic heterocycles. The first kappa shape index (κ1) is 17.0. The van der Waals surface area contributed by atoms with E-state index in [1.807, 2.05) is 0 Å². The summed E-state index contributed by atoms with van der Waals surface area (Å²) in [7, 11) is -4.05. The van der Waals surface area contributed by atoms with Gasteiger partial charge in [0.25, 0.3) is 0 Å². The van der Waals surface area contributed by atoms with Crippen LogP contribution in [0, 0.1) is 0 Å². The fourth-order valence-electron chi connectivity index (χ4n) is 1.10. The average molecular weight is 332 g/mol. The van der Waals surface area contributed by atoms with Crippen LogP contribution in [0.4, 0.5) is 26.3 Å². The molecular weight excluding hydrogens is 326 g/mol. The van der Waals surface area contributed by atoms with Gasteiger partial charge in [0.1, 0.15) is 0 Å². The third-order valence-corrected chi connectivity index (χ3v) is 3.75. The van der Waals surface area contributed by atoms with E-state index in [2.05, 4.69) is 8.85 Å². The molecular formula is C10H6F6O4Si. The van der Waals surface area contributed by atoms with E-state index in [0.717, 1.165) is 12.1 Å². The van der Waals surface area contributed by atoms with Crippen LogP contribution in [0.1, 0.15) is 0 Å². The lowest BCUT2D eigenvalue weighted by Gasteiger charge is -2.18. The summed E-state index contributed by atoms with van der Waals surface area (Å²) in [6, 6.07) is 6.15. The highest BCUT2D eigenvalue weighted by molar-refractivity contribution is 6.64. The van der Waals surface area contributed by atoms with Crippen molar-refractivity contribution in [1.82, 2.24) is 0 Å². The van der Waals surface area contributed by atoms with E-state index in [4.69, 9.17) is 0 Å². The van der Waals surface area contributed by atoms with Crippen molar-refractivity contribution in [3.05, 3.63) is 30.3 Å². The number of hydrogen-bond acceptors (Lipinski definition) is 4. The second-order valence-corrected chi connectivity index (χ2v) is 5.35. The predicted molar refractivity (Wildman–Crippen MR) is 57.5 cm³/mol. The number of benzene rings is 1. The number of carbonyl (C=O) groups is 2. The van der Waals surface area contributed by atoms with E-state index in [9.17, 15) is 35.9 Å². The molecule has 21 heavy (non-hydrogen) atoms. The van der Waals surface area contributed by atoms with Crippen LogP contribution in [0.5, 0.6) is 0 Å². The Bertz CT molecular complexity index is 485. The monoisotopic (exact) mass is 332 g/mol. The van der Waals surface area contributed by atoms with Gasteiger partial charge in [-0.05, 0) is 0 Å². The van der Waals surface area contributed by atoms with Crippen LogP contribution in [0.2, 0.25) is 0 Å². The molecule has 0 radical (unpaired) electrons. The highest BCUT2D eigenvalue weighted by Crippen LogP contribution is 2.20. The predicted octanol–water partition coefficient (Wildman–Crippen LogP) is 1.33. The smallest absolute Gasteiger partial charge is 0.477 e. The molecule has 0 spiro atoms. The summed E-state index contributed by atoms with van der Waals surface area (Å²) in [5.41, 5.74) is 0. The van der Waals surface area contributed by atoms with Crippen LogP contribution in [0.3, 0.4) is 0 Å². The van der Waals surface area contributed by atoms with Gasteiger partial charge in [0.05, 0.1) is 0 Å². The number of rotatable bonds is 3. The highest BCUT2D eigenvalue weighted by Gasteiger charge is 2.47. The summed E-state index contributed by atoms with van der Waals surface area (Å²) in [6.07, 6.45) is -10.8. The molecule has 0 fully saturated rings. The molecule has 0 saturated heterocycles. The molecule has 0 saturated carbocycles. The Morgan fingerprint density at radius 3 is 1.52 bits per heavy atom. The summed E-state index contributed by atoms with van der Waals surface area (Å²) >= 11 is 0. The maximum absolute atomic E-state index is 12.1. The van der Waals surface area contributed by atoms with Gasteiger partial charge in [-0.2, -0.15) is 26.3 Å². The largest absolute Gasteiger partial charge is 0.489 e. The molecule has 1 rings (SSSR count). The Balaban J connectivity index is 2.97. The van der Waals surface area contributed by atoms with Crippen LogP contribution < -0.4 is 5.19 Å². The van der Waals surface area contributed by atoms with Crippen molar-refractivity contribution in [3.8, 4) is 0 Å². The molecule has 0 heterocycles. The molecule has 1 aromatic carbocycles. The van der Waals surface area contributed by atoms with Gasteiger partial charge in [-0.3, -0.25) is 0 Å². The molecule has 11 heteroatoms. The maximum Gasteiger partial charge on any atom is 0.489 e. The van der Waals surface area contributed by atoms with Crippen LogP contribution >= 0.6 is 0 Å². The molecule has 0 bridgehead atoms. The third kappa shape index (κ3) is 5.09. The zero-order valence-electron chi connectivity index (χ0n) is 9.86. The fraction of sp³-hybridized carbons (Fsp3) is 0.200. The zero-order chi connectivity index (χ0) is 16.3. The summed E-state index contributed by atoms with van der Waals surface area (Å²) in [5.74, 6) is -5.45. The lowest BCUT2D eigenvalue weighted by Crippen LogP contribution is -2.46. The molecule has 0 N–H and O–H groups in total. The van der Waals surface area contributed by atoms with Crippen molar-refractivity contribution in [1.29, 1.82) is 0 Å². The highest BCUT2D eigenvalue weighted by atomic mass is 28.3. The molecule has 0 amide bonds. The van der Waals surface area contributed by atoms with E-state index in [1.54, 1.807) is 0 Å². The normalized spacial score (nSPS) is 12.1. The minimum Gasteiger partial charge on any atom is -0.477 e. The molecule has 0 atom stereocenters. The van der Waals surface area contributed by atoms with Gasteiger partial charge in [0.2, 0.25) is 0 Å². The first-order chi connectivity index (χ1) is 9.51. The molecule has 0 aliphatic carbocycles. The zero-order valence-corrected chi connectivity index (χ0v) is 11.0. The second kappa shape index (κ2) is 6.16. The maximum atomic E-state index is 12.1. The number of carbonyl (C=O) groups excluding carboxylic acids is 2. The Labute approximate surface area is 115 Å². The molecule has 4 nitrogen and oxygen atoms in total. The fourth-order valence-corrected chi connectivity index (χ4v) is 2.61. The number of alkyl halides is 6. The molecule has 1 aromatic rings. The summed E-state index contributed by atoms with van der Waals surface area (Å²) in [5, 5.41) is -0.229. The van der Waals surface area contributed by atoms with Gasteiger partial charge in [-0.1, -0.05) is 30.3 Å². The summed E-state index contributed by atoms with van der Waals surface area (Å²) in [4.78, 5) is 21.4. The van der Waals surface area contributed by atoms with Gasteiger partial charge in [-0.15, -0.1) is 0 Å². The van der Waals surface area contributed by atoms with Gasteiger partial charge in [-0.25, -0.2) is 9.59 Å². The Hall–Kier alpha value is -2.04. The first-order valence-corrected chi connectivity index (χ1v) is 6.64. The Kier molecular flexibility index (Phi) is 4.99. The van der Waals surface area contributed by atoms with E-state index < -0.39 is 33.6 Å².